The maximum absolute atomic E-state index is 5.76. The molecular formula is C13H16BrCl2NO2. The van der Waals surface area contributed by atoms with E-state index in [2.05, 4.69) is 21.2 Å². The van der Waals surface area contributed by atoms with Gasteiger partial charge in [-0.05, 0) is 33.6 Å². The second-order valence-electron chi connectivity index (χ2n) is 3.78. The van der Waals surface area contributed by atoms with Crippen LogP contribution in [-0.4, -0.2) is 26.9 Å². The van der Waals surface area contributed by atoms with E-state index < -0.39 is 0 Å². The van der Waals surface area contributed by atoms with E-state index in [1.165, 1.54) is 5.54 Å². The van der Waals surface area contributed by atoms with Crippen molar-refractivity contribution in [3.63, 3.8) is 0 Å². The van der Waals surface area contributed by atoms with Gasteiger partial charge < -0.3 is 14.8 Å². The smallest absolute Gasteiger partial charge is 0.134 e. The molecule has 0 atom stereocenters. The zero-order valence-corrected chi connectivity index (χ0v) is 13.7. The third-order valence-corrected chi connectivity index (χ3v) is 3.51. The molecule has 3 nitrogen and oxygen atoms in total. The van der Waals surface area contributed by atoms with E-state index in [4.69, 9.17) is 32.7 Å². The molecular weight excluding hydrogens is 353 g/mol. The van der Waals surface area contributed by atoms with Gasteiger partial charge in [0.2, 0.25) is 0 Å². The zero-order chi connectivity index (χ0) is 14.1. The molecule has 0 aliphatic rings. The van der Waals surface area contributed by atoms with E-state index in [-0.39, 0.29) is 6.61 Å². The summed E-state index contributed by atoms with van der Waals surface area (Å²) >= 11 is 14.7. The number of benzene rings is 1. The fourth-order valence-electron chi connectivity index (χ4n) is 1.36. The van der Waals surface area contributed by atoms with Gasteiger partial charge in [0.1, 0.15) is 12.4 Å². The van der Waals surface area contributed by atoms with Crippen molar-refractivity contribution >= 4 is 39.1 Å². The average molecular weight is 369 g/mol. The molecule has 0 saturated heterocycles. The average Bonchev–Trinajstić information content (AvgIpc) is 2.42. The van der Waals surface area contributed by atoms with Gasteiger partial charge in [0.15, 0.2) is 0 Å². The van der Waals surface area contributed by atoms with Crippen molar-refractivity contribution < 1.29 is 9.47 Å². The molecule has 0 saturated carbocycles. The van der Waals surface area contributed by atoms with Crippen molar-refractivity contribution in [1.82, 2.24) is 5.32 Å². The Morgan fingerprint density at radius 3 is 2.89 bits per heavy atom. The van der Waals surface area contributed by atoms with Crippen LogP contribution in [0.25, 0.3) is 0 Å². The van der Waals surface area contributed by atoms with Crippen LogP contribution in [0.5, 0.6) is 5.75 Å². The number of rotatable bonds is 8. The van der Waals surface area contributed by atoms with Crippen LogP contribution in [0.2, 0.25) is 0 Å². The predicted molar refractivity (Wildman–Crippen MR) is 83.0 cm³/mol. The lowest BCUT2D eigenvalue weighted by Crippen LogP contribution is -2.18. The van der Waals surface area contributed by atoms with Crippen molar-refractivity contribution in [1.29, 1.82) is 0 Å². The molecule has 0 radical (unpaired) electrons. The Labute approximate surface area is 132 Å². The lowest BCUT2D eigenvalue weighted by Gasteiger charge is -2.10. The number of hydrogen-bond acceptors (Lipinski definition) is 3. The van der Waals surface area contributed by atoms with Crippen LogP contribution >= 0.6 is 39.1 Å². The Morgan fingerprint density at radius 2 is 2.26 bits per heavy atom. The minimum absolute atomic E-state index is 0.259. The van der Waals surface area contributed by atoms with Gasteiger partial charge in [0, 0.05) is 25.7 Å². The van der Waals surface area contributed by atoms with E-state index in [1.54, 1.807) is 7.11 Å². The summed E-state index contributed by atoms with van der Waals surface area (Å²) in [6.45, 7) is 2.56. The molecule has 1 aromatic rings. The van der Waals surface area contributed by atoms with Gasteiger partial charge in [-0.15, -0.1) is 0 Å². The number of nitrogens with one attached hydrogen (secondary N) is 1. The second kappa shape index (κ2) is 9.61. The number of methoxy groups -OCH3 is 1. The summed E-state index contributed by atoms with van der Waals surface area (Å²) in [5.41, 5.74) is 2.46. The van der Waals surface area contributed by atoms with Crippen molar-refractivity contribution in [3.05, 3.63) is 38.8 Å². The maximum atomic E-state index is 5.76. The summed E-state index contributed by atoms with van der Waals surface area (Å²) in [5, 5.41) is 3.73. The Bertz CT molecular complexity index is 427. The first-order valence-electron chi connectivity index (χ1n) is 5.73. The molecule has 0 aliphatic heterocycles. The summed E-state index contributed by atoms with van der Waals surface area (Å²) in [4.78, 5) is 0. The molecule has 19 heavy (non-hydrogen) atoms. The molecule has 1 rings (SSSR count). The summed E-state index contributed by atoms with van der Waals surface area (Å²) in [7, 11) is 1.69. The molecule has 0 aliphatic carbocycles. The minimum atomic E-state index is 0.259. The van der Waals surface area contributed by atoms with Gasteiger partial charge >= 0.3 is 0 Å². The van der Waals surface area contributed by atoms with E-state index >= 15 is 0 Å². The van der Waals surface area contributed by atoms with Crippen LogP contribution in [0.15, 0.2) is 33.2 Å². The number of halogens is 3. The van der Waals surface area contributed by atoms with E-state index in [0.717, 1.165) is 28.9 Å². The lowest BCUT2D eigenvalue weighted by molar-refractivity contribution is 0.199. The molecule has 0 unspecified atom stereocenters. The molecule has 0 fully saturated rings. The first-order chi connectivity index (χ1) is 9.17. The monoisotopic (exact) mass is 367 g/mol. The minimum Gasteiger partial charge on any atom is -0.487 e. The first kappa shape index (κ1) is 16.8. The number of ether oxygens (including phenoxy) is 2. The summed E-state index contributed by atoms with van der Waals surface area (Å²) < 4.78 is 11.4. The summed E-state index contributed by atoms with van der Waals surface area (Å²) in [6.07, 6.45) is 0. The van der Waals surface area contributed by atoms with Crippen molar-refractivity contribution in [2.24, 2.45) is 0 Å². The normalized spacial score (nSPS) is 11.7. The highest BCUT2D eigenvalue weighted by molar-refractivity contribution is 9.10. The van der Waals surface area contributed by atoms with Crippen LogP contribution in [0.1, 0.15) is 5.56 Å². The van der Waals surface area contributed by atoms with Crippen LogP contribution in [0, 0.1) is 0 Å². The molecule has 0 aromatic heterocycles. The predicted octanol–water partition coefficient (Wildman–Crippen LogP) is 3.88. The molecule has 0 amide bonds. The van der Waals surface area contributed by atoms with Crippen LogP contribution in [0.3, 0.4) is 0 Å². The van der Waals surface area contributed by atoms with Crippen molar-refractivity contribution in [2.75, 3.05) is 26.9 Å². The molecule has 0 heterocycles. The largest absolute Gasteiger partial charge is 0.487 e. The quantitative estimate of drug-likeness (QED) is 0.706. The zero-order valence-electron chi connectivity index (χ0n) is 10.6. The molecule has 106 valence electrons. The molecule has 1 N–H and O–H groups in total. The Hall–Kier alpha value is -0.260. The second-order valence-corrected chi connectivity index (χ2v) is 5.34. The van der Waals surface area contributed by atoms with E-state index in [1.807, 2.05) is 18.2 Å². The fourth-order valence-corrected chi connectivity index (χ4v) is 2.01. The molecule has 6 heteroatoms. The Morgan fingerprint density at radius 1 is 1.47 bits per heavy atom. The lowest BCUT2D eigenvalue weighted by atomic mass is 10.2. The van der Waals surface area contributed by atoms with Gasteiger partial charge in [-0.3, -0.25) is 0 Å². The van der Waals surface area contributed by atoms with Gasteiger partial charge in [0.05, 0.1) is 16.1 Å². The van der Waals surface area contributed by atoms with E-state index in [0.29, 0.717) is 11.6 Å². The molecule has 0 spiro atoms. The topological polar surface area (TPSA) is 30.5 Å². The highest BCUT2D eigenvalue weighted by Crippen LogP contribution is 2.26. The summed E-state index contributed by atoms with van der Waals surface area (Å²) in [5.74, 6) is 0.734. The van der Waals surface area contributed by atoms with Crippen LogP contribution < -0.4 is 10.1 Å². The van der Waals surface area contributed by atoms with Gasteiger partial charge in [-0.2, -0.15) is 0 Å². The first-order valence-corrected chi connectivity index (χ1v) is 7.33. The van der Waals surface area contributed by atoms with Crippen molar-refractivity contribution in [2.45, 2.75) is 6.54 Å². The van der Waals surface area contributed by atoms with Gasteiger partial charge in [-0.1, -0.05) is 29.3 Å². The number of hydrogen-bond donors (Lipinski definition) is 1. The third-order valence-electron chi connectivity index (χ3n) is 2.29. The van der Waals surface area contributed by atoms with Crippen LogP contribution in [0.4, 0.5) is 0 Å². The molecule has 0 bridgehead atoms. The fraction of sp³-hybridized carbons (Fsp3) is 0.385. The highest BCUT2D eigenvalue weighted by atomic mass is 79.9. The SMILES string of the molecule is COCCNCc1ccc(OCC(Cl)=CCl)c(Br)c1. The standard InChI is InChI=1S/C13H16BrCl2NO2/c1-18-5-4-17-8-10-2-3-13(12(14)6-10)19-9-11(16)7-15/h2-3,6-7,17H,4-5,8-9H2,1H3. The Balaban J connectivity index is 2.49. The third kappa shape index (κ3) is 6.63. The summed E-state index contributed by atoms with van der Waals surface area (Å²) in [6, 6.07) is 5.90. The maximum Gasteiger partial charge on any atom is 0.134 e. The molecule has 1 aromatic carbocycles. The highest BCUT2D eigenvalue weighted by Gasteiger charge is 2.03. The van der Waals surface area contributed by atoms with E-state index in [9.17, 15) is 0 Å². The van der Waals surface area contributed by atoms with Gasteiger partial charge in [-0.25, -0.2) is 0 Å². The van der Waals surface area contributed by atoms with Crippen LogP contribution in [-0.2, 0) is 11.3 Å². The Kier molecular flexibility index (Phi) is 8.50. The van der Waals surface area contributed by atoms with Crippen molar-refractivity contribution in [3.8, 4) is 5.75 Å². The van der Waals surface area contributed by atoms with Gasteiger partial charge in [0.25, 0.3) is 0 Å².